The van der Waals surface area contributed by atoms with Gasteiger partial charge in [-0.3, -0.25) is 9.59 Å². The Labute approximate surface area is 152 Å². The lowest BCUT2D eigenvalue weighted by Crippen LogP contribution is -2.46. The molecule has 1 aromatic rings. The number of amides is 3. The average Bonchev–Trinajstić information content (AvgIpc) is 2.62. The number of ether oxygens (including phenoxy) is 1. The molecule has 2 atom stereocenters. The molecule has 0 saturated heterocycles. The van der Waals surface area contributed by atoms with Crippen LogP contribution in [-0.4, -0.2) is 41.7 Å². The Balaban J connectivity index is 2.28. The van der Waals surface area contributed by atoms with E-state index >= 15 is 0 Å². The number of carbonyl (C=O) groups excluding carboxylic acids is 3. The SMILES string of the molecule is C=CCC[C@@H](NC(=O)C[C@H](O)CNC(=O)OCc1ccccc1)C(N)=O. The van der Waals surface area contributed by atoms with E-state index in [2.05, 4.69) is 17.2 Å². The van der Waals surface area contributed by atoms with Gasteiger partial charge in [0.15, 0.2) is 0 Å². The fourth-order valence-corrected chi connectivity index (χ4v) is 2.08. The fraction of sp³-hybridized carbons (Fsp3) is 0.389. The number of allylic oxidation sites excluding steroid dienone is 1. The molecule has 3 amide bonds. The first-order chi connectivity index (χ1) is 12.4. The minimum Gasteiger partial charge on any atom is -0.445 e. The van der Waals surface area contributed by atoms with Crippen LogP contribution >= 0.6 is 0 Å². The number of nitrogens with one attached hydrogen (secondary N) is 2. The highest BCUT2D eigenvalue weighted by Crippen LogP contribution is 2.01. The summed E-state index contributed by atoms with van der Waals surface area (Å²) in [7, 11) is 0. The van der Waals surface area contributed by atoms with Crippen molar-refractivity contribution in [3.8, 4) is 0 Å². The van der Waals surface area contributed by atoms with E-state index in [9.17, 15) is 19.5 Å². The van der Waals surface area contributed by atoms with Crippen LogP contribution in [-0.2, 0) is 20.9 Å². The maximum atomic E-state index is 11.8. The first-order valence-corrected chi connectivity index (χ1v) is 8.24. The quantitative estimate of drug-likeness (QED) is 0.428. The Kier molecular flexibility index (Phi) is 9.48. The summed E-state index contributed by atoms with van der Waals surface area (Å²) in [4.78, 5) is 34.7. The number of primary amides is 1. The van der Waals surface area contributed by atoms with Gasteiger partial charge in [-0.2, -0.15) is 0 Å². The van der Waals surface area contributed by atoms with Crippen LogP contribution in [0.15, 0.2) is 43.0 Å². The second-order valence-corrected chi connectivity index (χ2v) is 5.69. The third kappa shape index (κ3) is 8.84. The molecule has 0 aliphatic rings. The predicted octanol–water partition coefficient (Wildman–Crippen LogP) is 0.600. The first-order valence-electron chi connectivity index (χ1n) is 8.24. The first kappa shape index (κ1) is 21.2. The number of aliphatic hydroxyl groups excluding tert-OH is 1. The summed E-state index contributed by atoms with van der Waals surface area (Å²) in [5.74, 6) is -1.19. The molecule has 0 spiro atoms. The number of carbonyl (C=O) groups is 3. The van der Waals surface area contributed by atoms with Crippen molar-refractivity contribution in [1.82, 2.24) is 10.6 Å². The standard InChI is InChI=1S/C18H25N3O5/c1-2-3-9-15(17(19)24)21-16(23)10-14(22)11-20-18(25)26-12-13-7-5-4-6-8-13/h2,4-8,14-15,22H,1,3,9-12H2,(H2,19,24)(H,20,25)(H,21,23)/t14-,15+/m0/s1. The van der Waals surface area contributed by atoms with E-state index < -0.39 is 30.1 Å². The highest BCUT2D eigenvalue weighted by molar-refractivity contribution is 5.86. The molecule has 0 aromatic heterocycles. The summed E-state index contributed by atoms with van der Waals surface area (Å²) in [6.45, 7) is 3.48. The summed E-state index contributed by atoms with van der Waals surface area (Å²) < 4.78 is 4.99. The van der Waals surface area contributed by atoms with Crippen LogP contribution in [0.2, 0.25) is 0 Å². The fourth-order valence-electron chi connectivity index (χ4n) is 2.08. The molecule has 26 heavy (non-hydrogen) atoms. The number of alkyl carbamates (subject to hydrolysis) is 1. The minimum atomic E-state index is -1.12. The largest absolute Gasteiger partial charge is 0.445 e. The van der Waals surface area contributed by atoms with E-state index in [0.29, 0.717) is 12.8 Å². The van der Waals surface area contributed by atoms with Crippen LogP contribution in [0.5, 0.6) is 0 Å². The van der Waals surface area contributed by atoms with Crippen molar-refractivity contribution in [2.75, 3.05) is 6.54 Å². The van der Waals surface area contributed by atoms with Gasteiger partial charge in [-0.25, -0.2) is 4.79 Å². The summed E-state index contributed by atoms with van der Waals surface area (Å²) in [5, 5.41) is 14.6. The van der Waals surface area contributed by atoms with Gasteiger partial charge < -0.3 is 26.2 Å². The molecule has 8 nitrogen and oxygen atoms in total. The van der Waals surface area contributed by atoms with E-state index in [1.165, 1.54) is 0 Å². The number of hydrogen-bond acceptors (Lipinski definition) is 5. The molecule has 0 unspecified atom stereocenters. The van der Waals surface area contributed by atoms with Gasteiger partial charge in [0.1, 0.15) is 12.6 Å². The number of benzene rings is 1. The van der Waals surface area contributed by atoms with Gasteiger partial charge in [-0.05, 0) is 18.4 Å². The number of nitrogens with two attached hydrogens (primary N) is 1. The van der Waals surface area contributed by atoms with Gasteiger partial charge in [0.05, 0.1) is 12.5 Å². The van der Waals surface area contributed by atoms with Gasteiger partial charge in [-0.15, -0.1) is 6.58 Å². The molecule has 0 saturated carbocycles. The second-order valence-electron chi connectivity index (χ2n) is 5.69. The molecule has 1 rings (SSSR count). The molecular formula is C18H25N3O5. The second kappa shape index (κ2) is 11.6. The molecular weight excluding hydrogens is 338 g/mol. The molecule has 0 bridgehead atoms. The number of hydrogen-bond donors (Lipinski definition) is 4. The van der Waals surface area contributed by atoms with E-state index in [4.69, 9.17) is 10.5 Å². The molecule has 142 valence electrons. The molecule has 0 aliphatic carbocycles. The molecule has 0 radical (unpaired) electrons. The lowest BCUT2D eigenvalue weighted by Gasteiger charge is -2.16. The molecule has 0 fully saturated rings. The number of aliphatic hydroxyl groups is 1. The van der Waals surface area contributed by atoms with Crippen molar-refractivity contribution in [1.29, 1.82) is 0 Å². The summed E-state index contributed by atoms with van der Waals surface area (Å²) in [6, 6.07) is 8.31. The van der Waals surface area contributed by atoms with Crippen LogP contribution in [0.4, 0.5) is 4.79 Å². The van der Waals surface area contributed by atoms with Gasteiger partial charge in [0.2, 0.25) is 11.8 Å². The van der Waals surface area contributed by atoms with E-state index in [1.54, 1.807) is 6.08 Å². The summed E-state index contributed by atoms with van der Waals surface area (Å²) in [5.41, 5.74) is 6.05. The van der Waals surface area contributed by atoms with E-state index in [0.717, 1.165) is 5.56 Å². The predicted molar refractivity (Wildman–Crippen MR) is 95.8 cm³/mol. The smallest absolute Gasteiger partial charge is 0.407 e. The van der Waals surface area contributed by atoms with Crippen molar-refractivity contribution in [3.05, 3.63) is 48.6 Å². The van der Waals surface area contributed by atoms with Crippen molar-refractivity contribution in [2.24, 2.45) is 5.73 Å². The zero-order chi connectivity index (χ0) is 19.4. The van der Waals surface area contributed by atoms with Gasteiger partial charge in [-0.1, -0.05) is 36.4 Å². The van der Waals surface area contributed by atoms with Crippen molar-refractivity contribution in [3.63, 3.8) is 0 Å². The van der Waals surface area contributed by atoms with Crippen molar-refractivity contribution < 1.29 is 24.2 Å². The number of rotatable bonds is 11. The third-order valence-corrected chi connectivity index (χ3v) is 3.45. The molecule has 0 heterocycles. The Bertz CT molecular complexity index is 606. The molecule has 8 heteroatoms. The normalized spacial score (nSPS) is 12.5. The maximum Gasteiger partial charge on any atom is 0.407 e. The van der Waals surface area contributed by atoms with Crippen LogP contribution in [0.25, 0.3) is 0 Å². The van der Waals surface area contributed by atoms with Crippen LogP contribution < -0.4 is 16.4 Å². The maximum absolute atomic E-state index is 11.8. The molecule has 5 N–H and O–H groups in total. The lowest BCUT2D eigenvalue weighted by molar-refractivity contribution is -0.128. The highest BCUT2D eigenvalue weighted by Gasteiger charge is 2.19. The van der Waals surface area contributed by atoms with Crippen LogP contribution in [0.1, 0.15) is 24.8 Å². The van der Waals surface area contributed by atoms with Crippen LogP contribution in [0, 0.1) is 0 Å². The molecule has 0 aliphatic heterocycles. The summed E-state index contributed by atoms with van der Waals surface area (Å²) >= 11 is 0. The topological polar surface area (TPSA) is 131 Å². The van der Waals surface area contributed by atoms with E-state index in [-0.39, 0.29) is 19.6 Å². The lowest BCUT2D eigenvalue weighted by atomic mass is 10.1. The van der Waals surface area contributed by atoms with Crippen molar-refractivity contribution >= 4 is 17.9 Å². The minimum absolute atomic E-state index is 0.104. The highest BCUT2D eigenvalue weighted by atomic mass is 16.5. The Morgan fingerprint density at radius 1 is 1.27 bits per heavy atom. The zero-order valence-electron chi connectivity index (χ0n) is 14.5. The van der Waals surface area contributed by atoms with Gasteiger partial charge in [0.25, 0.3) is 0 Å². The Morgan fingerprint density at radius 3 is 2.58 bits per heavy atom. The Morgan fingerprint density at radius 2 is 1.96 bits per heavy atom. The monoisotopic (exact) mass is 363 g/mol. The molecule has 1 aromatic carbocycles. The van der Waals surface area contributed by atoms with Crippen molar-refractivity contribution in [2.45, 2.75) is 38.0 Å². The van der Waals surface area contributed by atoms with Gasteiger partial charge in [0, 0.05) is 6.54 Å². The van der Waals surface area contributed by atoms with Crippen LogP contribution in [0.3, 0.4) is 0 Å². The Hall–Kier alpha value is -2.87. The zero-order valence-corrected chi connectivity index (χ0v) is 14.5. The third-order valence-electron chi connectivity index (χ3n) is 3.45. The van der Waals surface area contributed by atoms with E-state index in [1.807, 2.05) is 30.3 Å². The van der Waals surface area contributed by atoms with Gasteiger partial charge >= 0.3 is 6.09 Å². The summed E-state index contributed by atoms with van der Waals surface area (Å²) in [6.07, 6.45) is 0.371. The average molecular weight is 363 g/mol.